The van der Waals surface area contributed by atoms with E-state index in [1.165, 1.54) is 11.8 Å². The molecule has 3 aliphatic rings. The van der Waals surface area contributed by atoms with E-state index in [2.05, 4.69) is 10.5 Å². The molecule has 2 unspecified atom stereocenters. The van der Waals surface area contributed by atoms with Gasteiger partial charge in [-0.1, -0.05) is 30.3 Å². The topological polar surface area (TPSA) is 68.2 Å². The Kier molecular flexibility index (Phi) is 3.91. The third-order valence-electron chi connectivity index (χ3n) is 4.62. The van der Waals surface area contributed by atoms with Crippen molar-refractivity contribution in [3.05, 3.63) is 42.0 Å². The molecule has 3 amide bonds. The van der Waals surface area contributed by atoms with Crippen molar-refractivity contribution in [2.45, 2.75) is 26.2 Å². The first-order chi connectivity index (χ1) is 12.2. The number of likely N-dealkylation sites (N-methyl/N-ethyl adjacent to an activating group) is 2. The zero-order valence-electron chi connectivity index (χ0n) is 14.0. The Balaban J connectivity index is 1.71. The zero-order valence-corrected chi connectivity index (χ0v) is 14.9. The number of amidine groups is 1. The maximum Gasteiger partial charge on any atom is 0.323 e. The van der Waals surface area contributed by atoms with Crippen molar-refractivity contribution in [1.82, 2.24) is 20.1 Å². The standard InChI is InChI=1S/C17H19N5O2S/c1-3-20-14-15(21(4-2)17(20)24)22-13(23)10-12(25-16(22)19-18-14)11-8-6-5-7-9-11/h5-10,14-15,18H,3-4H2,1-2H3. The molecule has 0 aromatic heterocycles. The number of urea groups is 1. The molecule has 4 rings (SSSR count). The number of nitrogens with one attached hydrogen (secondary N) is 1. The fourth-order valence-corrected chi connectivity index (χ4v) is 4.44. The largest absolute Gasteiger partial charge is 0.323 e. The van der Waals surface area contributed by atoms with E-state index in [1.807, 2.05) is 44.2 Å². The SMILES string of the molecule is CCN1C(=O)N(CC)C2C1NN=C1SC(c3ccccc3)=CC(=O)N12. The van der Waals surface area contributed by atoms with Crippen molar-refractivity contribution in [1.29, 1.82) is 0 Å². The van der Waals surface area contributed by atoms with Gasteiger partial charge < -0.3 is 0 Å². The number of hydrazone groups is 1. The number of rotatable bonds is 3. The van der Waals surface area contributed by atoms with Crippen LogP contribution in [0.15, 0.2) is 41.5 Å². The van der Waals surface area contributed by atoms with Crippen LogP contribution in [0.3, 0.4) is 0 Å². The van der Waals surface area contributed by atoms with E-state index in [4.69, 9.17) is 0 Å². The molecule has 8 heteroatoms. The molecule has 1 fully saturated rings. The quantitative estimate of drug-likeness (QED) is 0.897. The van der Waals surface area contributed by atoms with E-state index in [0.717, 1.165) is 10.5 Å². The fourth-order valence-electron chi connectivity index (χ4n) is 3.44. The first-order valence-electron chi connectivity index (χ1n) is 8.34. The van der Waals surface area contributed by atoms with Gasteiger partial charge in [0, 0.05) is 24.1 Å². The van der Waals surface area contributed by atoms with Crippen LogP contribution in [0.1, 0.15) is 19.4 Å². The lowest BCUT2D eigenvalue weighted by atomic mass is 10.2. The minimum absolute atomic E-state index is 0.0698. The summed E-state index contributed by atoms with van der Waals surface area (Å²) in [6.45, 7) is 4.95. The summed E-state index contributed by atoms with van der Waals surface area (Å²) in [6, 6.07) is 9.70. The molecule has 0 radical (unpaired) electrons. The Bertz CT molecular complexity index is 779. The molecule has 7 nitrogen and oxygen atoms in total. The number of hydrogen-bond acceptors (Lipinski definition) is 5. The summed E-state index contributed by atoms with van der Waals surface area (Å²) in [5.41, 5.74) is 4.06. The van der Waals surface area contributed by atoms with Gasteiger partial charge in [-0.3, -0.25) is 24.9 Å². The Morgan fingerprint density at radius 2 is 1.84 bits per heavy atom. The summed E-state index contributed by atoms with van der Waals surface area (Å²) in [6.07, 6.45) is 0.935. The molecular weight excluding hydrogens is 338 g/mol. The minimum Gasteiger partial charge on any atom is -0.300 e. The number of amides is 3. The summed E-state index contributed by atoms with van der Waals surface area (Å²) in [4.78, 5) is 31.4. The molecule has 2 atom stereocenters. The second kappa shape index (κ2) is 6.11. The van der Waals surface area contributed by atoms with Gasteiger partial charge >= 0.3 is 6.03 Å². The molecule has 1 aromatic rings. The van der Waals surface area contributed by atoms with E-state index >= 15 is 0 Å². The summed E-state index contributed by atoms with van der Waals surface area (Å²) in [5, 5.41) is 4.98. The number of thioether (sulfide) groups is 1. The lowest BCUT2D eigenvalue weighted by Crippen LogP contribution is -2.62. The fraction of sp³-hybridized carbons (Fsp3) is 0.353. The number of nitrogens with zero attached hydrogens (tertiary/aromatic N) is 4. The summed E-state index contributed by atoms with van der Waals surface area (Å²) in [7, 11) is 0. The van der Waals surface area contributed by atoms with Crippen LogP contribution in [0.25, 0.3) is 4.91 Å². The van der Waals surface area contributed by atoms with E-state index in [-0.39, 0.29) is 24.3 Å². The van der Waals surface area contributed by atoms with Crippen molar-refractivity contribution >= 4 is 33.8 Å². The van der Waals surface area contributed by atoms with Gasteiger partial charge in [-0.05, 0) is 31.2 Å². The summed E-state index contributed by atoms with van der Waals surface area (Å²) in [5.74, 6) is -0.142. The van der Waals surface area contributed by atoms with Crippen LogP contribution < -0.4 is 5.43 Å². The smallest absolute Gasteiger partial charge is 0.300 e. The highest BCUT2D eigenvalue weighted by Gasteiger charge is 2.52. The van der Waals surface area contributed by atoms with E-state index in [1.54, 1.807) is 20.8 Å². The Hall–Kier alpha value is -2.48. The molecule has 3 aliphatic heterocycles. The summed E-state index contributed by atoms with van der Waals surface area (Å²) < 4.78 is 0. The van der Waals surface area contributed by atoms with Crippen LogP contribution in [0, 0.1) is 0 Å². The molecule has 3 heterocycles. The van der Waals surface area contributed by atoms with Crippen molar-refractivity contribution in [2.24, 2.45) is 5.10 Å². The maximum atomic E-state index is 12.9. The minimum atomic E-state index is -0.376. The predicted molar refractivity (Wildman–Crippen MR) is 97.2 cm³/mol. The normalized spacial score (nSPS) is 25.3. The number of benzene rings is 1. The lowest BCUT2D eigenvalue weighted by molar-refractivity contribution is -0.126. The predicted octanol–water partition coefficient (Wildman–Crippen LogP) is 1.91. The Morgan fingerprint density at radius 3 is 2.52 bits per heavy atom. The van der Waals surface area contributed by atoms with Crippen LogP contribution in [0.5, 0.6) is 0 Å². The van der Waals surface area contributed by atoms with Gasteiger partial charge in [0.25, 0.3) is 5.91 Å². The first kappa shape index (κ1) is 16.0. The zero-order chi connectivity index (χ0) is 17.6. The molecule has 0 spiro atoms. The molecule has 1 N–H and O–H groups in total. The Labute approximate surface area is 150 Å². The molecule has 1 saturated heterocycles. The third-order valence-corrected chi connectivity index (χ3v) is 5.67. The monoisotopic (exact) mass is 357 g/mol. The van der Waals surface area contributed by atoms with Crippen molar-refractivity contribution in [3.8, 4) is 0 Å². The molecular formula is C17H19N5O2S. The second-order valence-corrected chi connectivity index (χ2v) is 6.93. The first-order valence-corrected chi connectivity index (χ1v) is 9.16. The lowest BCUT2D eigenvalue weighted by Gasteiger charge is -2.41. The van der Waals surface area contributed by atoms with E-state index < -0.39 is 0 Å². The van der Waals surface area contributed by atoms with E-state index in [0.29, 0.717) is 18.3 Å². The number of fused-ring (bicyclic) bond motifs is 3. The highest BCUT2D eigenvalue weighted by molar-refractivity contribution is 8.21. The molecule has 25 heavy (non-hydrogen) atoms. The number of carbonyl (C=O) groups is 2. The average Bonchev–Trinajstić information content (AvgIpc) is 2.92. The van der Waals surface area contributed by atoms with Gasteiger partial charge in [0.15, 0.2) is 17.5 Å². The van der Waals surface area contributed by atoms with Gasteiger partial charge in [-0.2, -0.15) is 5.10 Å². The van der Waals surface area contributed by atoms with Gasteiger partial charge in [0.05, 0.1) is 0 Å². The van der Waals surface area contributed by atoms with Gasteiger partial charge in [-0.25, -0.2) is 4.79 Å². The van der Waals surface area contributed by atoms with Crippen LogP contribution in [0.2, 0.25) is 0 Å². The second-order valence-electron chi connectivity index (χ2n) is 5.92. The highest BCUT2D eigenvalue weighted by atomic mass is 32.2. The van der Waals surface area contributed by atoms with Crippen LogP contribution >= 0.6 is 11.8 Å². The third kappa shape index (κ3) is 2.39. The molecule has 130 valence electrons. The van der Waals surface area contributed by atoms with Crippen LogP contribution in [-0.4, -0.2) is 57.2 Å². The molecule has 0 saturated carbocycles. The van der Waals surface area contributed by atoms with E-state index in [9.17, 15) is 9.59 Å². The van der Waals surface area contributed by atoms with Crippen LogP contribution in [-0.2, 0) is 4.79 Å². The highest BCUT2D eigenvalue weighted by Crippen LogP contribution is 2.38. The molecule has 0 bridgehead atoms. The molecule has 1 aromatic carbocycles. The molecule has 0 aliphatic carbocycles. The van der Waals surface area contributed by atoms with Crippen molar-refractivity contribution in [2.75, 3.05) is 13.1 Å². The number of carbonyl (C=O) groups excluding carboxylic acids is 2. The van der Waals surface area contributed by atoms with Crippen molar-refractivity contribution in [3.63, 3.8) is 0 Å². The average molecular weight is 357 g/mol. The Morgan fingerprint density at radius 1 is 1.12 bits per heavy atom. The van der Waals surface area contributed by atoms with Crippen LogP contribution in [0.4, 0.5) is 4.79 Å². The maximum absolute atomic E-state index is 12.9. The van der Waals surface area contributed by atoms with Gasteiger partial charge in [-0.15, -0.1) is 0 Å². The summed E-state index contributed by atoms with van der Waals surface area (Å²) >= 11 is 1.44. The van der Waals surface area contributed by atoms with Crippen molar-refractivity contribution < 1.29 is 9.59 Å². The van der Waals surface area contributed by atoms with Gasteiger partial charge in [0.1, 0.15) is 0 Å². The number of hydrogen-bond donors (Lipinski definition) is 1. The van der Waals surface area contributed by atoms with Gasteiger partial charge in [0.2, 0.25) is 0 Å².